The zero-order chi connectivity index (χ0) is 22.6. The molecular weight excluding hydrogens is 396 g/mol. The van der Waals surface area contributed by atoms with Crippen LogP contribution in [0.2, 0.25) is 0 Å². The molecule has 0 aliphatic carbocycles. The Morgan fingerprint density at radius 2 is 1.57 bits per heavy atom. The lowest BCUT2D eigenvalue weighted by molar-refractivity contribution is -0.150. The number of carbonyl (C=O) groups is 5. The highest BCUT2D eigenvalue weighted by Gasteiger charge is 2.43. The second kappa shape index (κ2) is 9.88. The van der Waals surface area contributed by atoms with Gasteiger partial charge in [-0.05, 0) is 31.6 Å². The normalized spacial score (nSPS) is 23.3. The van der Waals surface area contributed by atoms with E-state index in [2.05, 4.69) is 5.32 Å². The quantitative estimate of drug-likeness (QED) is 0.383. The number of rotatable bonds is 8. The van der Waals surface area contributed by atoms with Gasteiger partial charge in [0.05, 0.1) is 12.5 Å². The summed E-state index contributed by atoms with van der Waals surface area (Å²) in [6, 6.07) is -3.90. The average Bonchev–Trinajstić information content (AvgIpc) is 3.34. The van der Waals surface area contributed by atoms with E-state index < -0.39 is 48.4 Å². The first-order valence-corrected chi connectivity index (χ1v) is 10.2. The third-order valence-electron chi connectivity index (χ3n) is 5.66. The zero-order valence-corrected chi connectivity index (χ0v) is 17.2. The fraction of sp³-hybridized carbons (Fsp3) is 0.737. The van der Waals surface area contributed by atoms with Crippen molar-refractivity contribution in [3.05, 3.63) is 0 Å². The van der Waals surface area contributed by atoms with E-state index in [1.807, 2.05) is 13.8 Å². The average molecular weight is 426 g/mol. The summed E-state index contributed by atoms with van der Waals surface area (Å²) in [7, 11) is 0. The molecule has 0 radical (unpaired) electrons. The first-order chi connectivity index (χ1) is 14.0. The molecule has 0 unspecified atom stereocenters. The van der Waals surface area contributed by atoms with Crippen LogP contribution < -0.4 is 11.1 Å². The molecule has 0 bridgehead atoms. The van der Waals surface area contributed by atoms with E-state index >= 15 is 0 Å². The van der Waals surface area contributed by atoms with Crippen molar-refractivity contribution in [3.8, 4) is 0 Å². The number of nitrogens with one attached hydrogen (secondary N) is 1. The molecule has 0 aromatic carbocycles. The van der Waals surface area contributed by atoms with Crippen LogP contribution in [0.25, 0.3) is 0 Å². The molecule has 0 spiro atoms. The molecule has 4 atom stereocenters. The summed E-state index contributed by atoms with van der Waals surface area (Å²) in [6.45, 7) is 4.38. The Morgan fingerprint density at radius 1 is 1.00 bits per heavy atom. The van der Waals surface area contributed by atoms with Gasteiger partial charge >= 0.3 is 11.9 Å². The molecule has 168 valence electrons. The lowest BCUT2D eigenvalue weighted by Crippen LogP contribution is -2.56. The molecule has 2 saturated heterocycles. The second-order valence-corrected chi connectivity index (χ2v) is 8.15. The van der Waals surface area contributed by atoms with Crippen molar-refractivity contribution in [1.82, 2.24) is 15.1 Å². The van der Waals surface area contributed by atoms with Crippen LogP contribution in [0.1, 0.15) is 46.0 Å². The van der Waals surface area contributed by atoms with Crippen LogP contribution in [0.5, 0.6) is 0 Å². The molecule has 2 aliphatic rings. The summed E-state index contributed by atoms with van der Waals surface area (Å²) in [5, 5.41) is 20.2. The lowest BCUT2D eigenvalue weighted by atomic mass is 10.0. The maximum atomic E-state index is 13.2. The minimum atomic E-state index is -1.58. The maximum Gasteiger partial charge on any atom is 0.326 e. The second-order valence-electron chi connectivity index (χ2n) is 8.15. The zero-order valence-electron chi connectivity index (χ0n) is 17.2. The predicted octanol–water partition coefficient (Wildman–Crippen LogP) is -1.00. The topological polar surface area (TPSA) is 170 Å². The van der Waals surface area contributed by atoms with Gasteiger partial charge in [-0.2, -0.15) is 0 Å². The number of nitrogens with zero attached hydrogens (tertiary/aromatic N) is 2. The van der Waals surface area contributed by atoms with Gasteiger partial charge in [-0.25, -0.2) is 4.79 Å². The molecule has 3 amide bonds. The molecule has 0 saturated carbocycles. The first-order valence-electron chi connectivity index (χ1n) is 10.2. The highest BCUT2D eigenvalue weighted by atomic mass is 16.4. The third-order valence-corrected chi connectivity index (χ3v) is 5.66. The summed E-state index contributed by atoms with van der Waals surface area (Å²) < 4.78 is 0. The van der Waals surface area contributed by atoms with Gasteiger partial charge < -0.3 is 31.1 Å². The molecule has 5 N–H and O–H groups in total. The van der Waals surface area contributed by atoms with Gasteiger partial charge in [-0.15, -0.1) is 0 Å². The molecule has 2 rings (SSSR count). The van der Waals surface area contributed by atoms with E-state index in [0.717, 1.165) is 0 Å². The van der Waals surface area contributed by atoms with Crippen LogP contribution in [-0.4, -0.2) is 86.9 Å². The van der Waals surface area contributed by atoms with Crippen LogP contribution in [0.15, 0.2) is 0 Å². The number of carbonyl (C=O) groups excluding carboxylic acids is 3. The number of nitrogens with two attached hydrogens (primary N) is 1. The summed E-state index contributed by atoms with van der Waals surface area (Å²) >= 11 is 0. The van der Waals surface area contributed by atoms with E-state index in [9.17, 15) is 24.0 Å². The van der Waals surface area contributed by atoms with Crippen LogP contribution >= 0.6 is 0 Å². The van der Waals surface area contributed by atoms with Crippen molar-refractivity contribution in [2.45, 2.75) is 70.1 Å². The van der Waals surface area contributed by atoms with Gasteiger partial charge in [0.1, 0.15) is 18.1 Å². The molecule has 11 heteroatoms. The smallest absolute Gasteiger partial charge is 0.326 e. The Balaban J connectivity index is 2.11. The number of amides is 3. The largest absolute Gasteiger partial charge is 0.481 e. The van der Waals surface area contributed by atoms with Crippen molar-refractivity contribution in [2.24, 2.45) is 11.7 Å². The SMILES string of the molecule is CC(C)[C@H](N)C(=O)N1CCC[C@H]1C(=O)N1CCC[C@H]1C(=O)N[C@@H](CC(=O)O)C(=O)O. The summed E-state index contributed by atoms with van der Waals surface area (Å²) in [5.41, 5.74) is 5.97. The van der Waals surface area contributed by atoms with Crippen LogP contribution in [0.3, 0.4) is 0 Å². The minimum absolute atomic E-state index is 0.0821. The number of aliphatic carboxylic acids is 2. The highest BCUT2D eigenvalue weighted by Crippen LogP contribution is 2.26. The fourth-order valence-electron chi connectivity index (χ4n) is 3.90. The monoisotopic (exact) mass is 426 g/mol. The summed E-state index contributed by atoms with van der Waals surface area (Å²) in [6.07, 6.45) is 1.24. The van der Waals surface area contributed by atoms with E-state index in [4.69, 9.17) is 15.9 Å². The third kappa shape index (κ3) is 5.26. The molecule has 2 aliphatic heterocycles. The van der Waals surface area contributed by atoms with Crippen LogP contribution in [0, 0.1) is 5.92 Å². The lowest BCUT2D eigenvalue weighted by Gasteiger charge is -2.33. The molecule has 2 fully saturated rings. The van der Waals surface area contributed by atoms with Crippen molar-refractivity contribution < 1.29 is 34.2 Å². The van der Waals surface area contributed by atoms with Crippen LogP contribution in [-0.2, 0) is 24.0 Å². The Morgan fingerprint density at radius 3 is 2.10 bits per heavy atom. The number of carboxylic acids is 2. The Labute approximate surface area is 174 Å². The van der Waals surface area contributed by atoms with Crippen molar-refractivity contribution >= 4 is 29.7 Å². The number of likely N-dealkylation sites (tertiary alicyclic amines) is 2. The van der Waals surface area contributed by atoms with Crippen molar-refractivity contribution in [3.63, 3.8) is 0 Å². The minimum Gasteiger partial charge on any atom is -0.481 e. The molecule has 30 heavy (non-hydrogen) atoms. The van der Waals surface area contributed by atoms with Gasteiger partial charge in [-0.1, -0.05) is 13.8 Å². The van der Waals surface area contributed by atoms with Gasteiger partial charge in [0, 0.05) is 13.1 Å². The van der Waals surface area contributed by atoms with E-state index in [1.165, 1.54) is 9.80 Å². The predicted molar refractivity (Wildman–Crippen MR) is 104 cm³/mol. The molecule has 11 nitrogen and oxygen atoms in total. The van der Waals surface area contributed by atoms with Gasteiger partial charge in [0.2, 0.25) is 17.7 Å². The van der Waals surface area contributed by atoms with Crippen molar-refractivity contribution in [2.75, 3.05) is 13.1 Å². The number of carboxylic acid groups (broad SMARTS) is 2. The van der Waals surface area contributed by atoms with Crippen molar-refractivity contribution in [1.29, 1.82) is 0 Å². The van der Waals surface area contributed by atoms with Gasteiger partial charge in [0.15, 0.2) is 0 Å². The molecule has 0 aromatic rings. The Hall–Kier alpha value is -2.69. The molecule has 0 aromatic heterocycles. The Bertz CT molecular complexity index is 711. The van der Waals surface area contributed by atoms with E-state index in [1.54, 1.807) is 0 Å². The highest BCUT2D eigenvalue weighted by molar-refractivity contribution is 5.95. The standard InChI is InChI=1S/C19H30N4O7/c1-10(2)15(20)18(28)23-8-4-6-13(23)17(27)22-7-3-5-12(22)16(26)21-11(19(29)30)9-14(24)25/h10-13,15H,3-9,20H2,1-2H3,(H,21,26)(H,24,25)(H,29,30)/t11-,12-,13-,15-/m0/s1. The maximum absolute atomic E-state index is 13.2. The molecule has 2 heterocycles. The summed E-state index contributed by atoms with van der Waals surface area (Å²) in [5.74, 6) is -4.26. The fourth-order valence-corrected chi connectivity index (χ4v) is 3.90. The van der Waals surface area contributed by atoms with E-state index in [0.29, 0.717) is 38.8 Å². The van der Waals surface area contributed by atoms with Gasteiger partial charge in [-0.3, -0.25) is 19.2 Å². The summed E-state index contributed by atoms with van der Waals surface area (Å²) in [4.78, 5) is 63.4. The molecular formula is C19H30N4O7. The Kier molecular flexibility index (Phi) is 7.77. The first kappa shape index (κ1) is 23.6. The van der Waals surface area contributed by atoms with Crippen LogP contribution in [0.4, 0.5) is 0 Å². The number of hydrogen-bond donors (Lipinski definition) is 4. The number of hydrogen-bond acceptors (Lipinski definition) is 6. The van der Waals surface area contributed by atoms with E-state index in [-0.39, 0.29) is 17.7 Å². The van der Waals surface area contributed by atoms with Gasteiger partial charge in [0.25, 0.3) is 0 Å².